The van der Waals surface area contributed by atoms with E-state index in [1.165, 1.54) is 13.2 Å². The lowest BCUT2D eigenvalue weighted by molar-refractivity contribution is 0.0690. The average molecular weight is 367 g/mol. The SMILES string of the molecule is COc1cc(Br)cc(C(=O)O)c1OCCOc1ccccc1. The maximum atomic E-state index is 11.3. The number of rotatable bonds is 7. The van der Waals surface area contributed by atoms with Crippen LogP contribution in [0.5, 0.6) is 17.2 Å². The number of hydrogen-bond donors (Lipinski definition) is 1. The highest BCUT2D eigenvalue weighted by Gasteiger charge is 2.18. The van der Waals surface area contributed by atoms with Crippen molar-refractivity contribution in [2.24, 2.45) is 0 Å². The summed E-state index contributed by atoms with van der Waals surface area (Å²) in [6.07, 6.45) is 0. The molecule has 0 spiro atoms. The third-order valence-corrected chi connectivity index (χ3v) is 3.27. The van der Waals surface area contributed by atoms with Gasteiger partial charge in [0.15, 0.2) is 11.5 Å². The van der Waals surface area contributed by atoms with Gasteiger partial charge in [0.2, 0.25) is 0 Å². The molecule has 6 heteroatoms. The van der Waals surface area contributed by atoms with Gasteiger partial charge in [-0.1, -0.05) is 34.1 Å². The van der Waals surface area contributed by atoms with Crippen molar-refractivity contribution >= 4 is 21.9 Å². The molecule has 2 aromatic carbocycles. The van der Waals surface area contributed by atoms with Crippen LogP contribution >= 0.6 is 15.9 Å². The Labute approximate surface area is 136 Å². The summed E-state index contributed by atoms with van der Waals surface area (Å²) >= 11 is 3.25. The minimum absolute atomic E-state index is 0.0333. The fourth-order valence-electron chi connectivity index (χ4n) is 1.85. The van der Waals surface area contributed by atoms with Crippen molar-refractivity contribution in [3.8, 4) is 17.2 Å². The van der Waals surface area contributed by atoms with Crippen LogP contribution in [0.15, 0.2) is 46.9 Å². The van der Waals surface area contributed by atoms with Crippen LogP contribution in [0.2, 0.25) is 0 Å². The Balaban J connectivity index is 2.04. The van der Waals surface area contributed by atoms with Crippen LogP contribution in [0.3, 0.4) is 0 Å². The number of carboxylic acids is 1. The third-order valence-electron chi connectivity index (χ3n) is 2.81. The molecule has 116 valence electrons. The molecule has 22 heavy (non-hydrogen) atoms. The molecular weight excluding hydrogens is 352 g/mol. The predicted octanol–water partition coefficient (Wildman–Crippen LogP) is 3.61. The molecule has 0 unspecified atom stereocenters. The molecule has 2 rings (SSSR count). The van der Waals surface area contributed by atoms with Crippen molar-refractivity contribution < 1.29 is 24.1 Å². The van der Waals surface area contributed by atoms with Crippen LogP contribution in [0, 0.1) is 0 Å². The monoisotopic (exact) mass is 366 g/mol. The lowest BCUT2D eigenvalue weighted by Gasteiger charge is -2.14. The molecule has 0 bridgehead atoms. The van der Waals surface area contributed by atoms with Crippen LogP contribution in [-0.2, 0) is 0 Å². The molecule has 5 nitrogen and oxygen atoms in total. The van der Waals surface area contributed by atoms with Crippen molar-refractivity contribution in [3.63, 3.8) is 0 Å². The van der Waals surface area contributed by atoms with Crippen molar-refractivity contribution in [1.29, 1.82) is 0 Å². The molecule has 0 atom stereocenters. The summed E-state index contributed by atoms with van der Waals surface area (Å²) < 4.78 is 16.8. The summed E-state index contributed by atoms with van der Waals surface area (Å²) in [5.41, 5.74) is 0.0333. The number of carboxylic acid groups (broad SMARTS) is 1. The molecule has 2 aromatic rings. The standard InChI is InChI=1S/C16H15BrO5/c1-20-14-10-11(17)9-13(16(18)19)15(14)22-8-7-21-12-5-3-2-4-6-12/h2-6,9-10H,7-8H2,1H3,(H,18,19). The second-order valence-electron chi connectivity index (χ2n) is 4.30. The summed E-state index contributed by atoms with van der Waals surface area (Å²) in [6.45, 7) is 0.495. The van der Waals surface area contributed by atoms with E-state index in [0.717, 1.165) is 5.75 Å². The third kappa shape index (κ3) is 4.14. The largest absolute Gasteiger partial charge is 0.493 e. The fourth-order valence-corrected chi connectivity index (χ4v) is 2.28. The number of carbonyl (C=O) groups is 1. The van der Waals surface area contributed by atoms with E-state index >= 15 is 0 Å². The normalized spacial score (nSPS) is 10.1. The van der Waals surface area contributed by atoms with E-state index in [9.17, 15) is 9.90 Å². The number of benzene rings is 2. The number of ether oxygens (including phenoxy) is 3. The van der Waals surface area contributed by atoms with Gasteiger partial charge in [0.05, 0.1) is 7.11 Å². The van der Waals surface area contributed by atoms with Crippen LogP contribution in [0.4, 0.5) is 0 Å². The first-order chi connectivity index (χ1) is 10.6. The smallest absolute Gasteiger partial charge is 0.339 e. The summed E-state index contributed by atoms with van der Waals surface area (Å²) in [7, 11) is 1.46. The van der Waals surface area contributed by atoms with Gasteiger partial charge in [0, 0.05) is 4.47 Å². The molecule has 0 aliphatic carbocycles. The maximum Gasteiger partial charge on any atom is 0.339 e. The predicted molar refractivity (Wildman–Crippen MR) is 85.1 cm³/mol. The van der Waals surface area contributed by atoms with E-state index in [4.69, 9.17) is 14.2 Å². The van der Waals surface area contributed by atoms with E-state index < -0.39 is 5.97 Å². The zero-order valence-electron chi connectivity index (χ0n) is 11.9. The topological polar surface area (TPSA) is 65.0 Å². The van der Waals surface area contributed by atoms with Crippen LogP contribution in [0.25, 0.3) is 0 Å². The molecule has 0 heterocycles. The number of halogens is 1. The second kappa shape index (κ2) is 7.70. The molecular formula is C16H15BrO5. The van der Waals surface area contributed by atoms with E-state index in [2.05, 4.69) is 15.9 Å². The average Bonchev–Trinajstić information content (AvgIpc) is 2.52. The number of hydrogen-bond acceptors (Lipinski definition) is 4. The molecule has 0 saturated heterocycles. The molecule has 0 aromatic heterocycles. The van der Waals surface area contributed by atoms with Gasteiger partial charge < -0.3 is 19.3 Å². The Kier molecular flexibility index (Phi) is 5.66. The molecule has 0 saturated carbocycles. The molecule has 0 fully saturated rings. The molecule has 1 N–H and O–H groups in total. The van der Waals surface area contributed by atoms with E-state index in [0.29, 0.717) is 16.8 Å². The summed E-state index contributed by atoms with van der Waals surface area (Å²) in [5, 5.41) is 9.26. The van der Waals surface area contributed by atoms with Crippen LogP contribution < -0.4 is 14.2 Å². The van der Waals surface area contributed by atoms with Gasteiger partial charge in [0.25, 0.3) is 0 Å². The zero-order chi connectivity index (χ0) is 15.9. The first kappa shape index (κ1) is 16.2. The summed E-state index contributed by atoms with van der Waals surface area (Å²) in [6, 6.07) is 12.4. The van der Waals surface area contributed by atoms with Gasteiger partial charge in [-0.25, -0.2) is 4.79 Å². The maximum absolute atomic E-state index is 11.3. The molecule has 0 aliphatic rings. The van der Waals surface area contributed by atoms with Gasteiger partial charge in [-0.15, -0.1) is 0 Å². The highest BCUT2D eigenvalue weighted by Crippen LogP contribution is 2.34. The molecule has 0 aliphatic heterocycles. The Bertz CT molecular complexity index is 642. The zero-order valence-corrected chi connectivity index (χ0v) is 13.5. The van der Waals surface area contributed by atoms with Gasteiger partial charge in [-0.2, -0.15) is 0 Å². The highest BCUT2D eigenvalue weighted by atomic mass is 79.9. The molecule has 0 amide bonds. The number of methoxy groups -OCH3 is 1. The second-order valence-corrected chi connectivity index (χ2v) is 5.22. The molecule has 0 radical (unpaired) electrons. The van der Waals surface area contributed by atoms with Crippen molar-refractivity contribution in [2.75, 3.05) is 20.3 Å². The van der Waals surface area contributed by atoms with Crippen LogP contribution in [0.1, 0.15) is 10.4 Å². The first-order valence-corrected chi connectivity index (χ1v) is 7.32. The minimum Gasteiger partial charge on any atom is -0.493 e. The van der Waals surface area contributed by atoms with Crippen molar-refractivity contribution in [3.05, 3.63) is 52.5 Å². The van der Waals surface area contributed by atoms with E-state index in [-0.39, 0.29) is 17.9 Å². The minimum atomic E-state index is -1.08. The number of para-hydroxylation sites is 1. The quantitative estimate of drug-likeness (QED) is 0.758. The highest BCUT2D eigenvalue weighted by molar-refractivity contribution is 9.10. The Morgan fingerprint density at radius 1 is 1.14 bits per heavy atom. The van der Waals surface area contributed by atoms with Crippen LogP contribution in [-0.4, -0.2) is 31.4 Å². The first-order valence-electron chi connectivity index (χ1n) is 6.53. The van der Waals surface area contributed by atoms with Gasteiger partial charge >= 0.3 is 5.97 Å². The lowest BCUT2D eigenvalue weighted by Crippen LogP contribution is -2.12. The van der Waals surface area contributed by atoms with Crippen molar-refractivity contribution in [2.45, 2.75) is 0 Å². The Morgan fingerprint density at radius 3 is 2.45 bits per heavy atom. The van der Waals surface area contributed by atoms with Gasteiger partial charge in [0.1, 0.15) is 24.5 Å². The van der Waals surface area contributed by atoms with Gasteiger partial charge in [-0.05, 0) is 24.3 Å². The Hall–Kier alpha value is -2.21. The van der Waals surface area contributed by atoms with Crippen molar-refractivity contribution in [1.82, 2.24) is 0 Å². The Morgan fingerprint density at radius 2 is 1.82 bits per heavy atom. The van der Waals surface area contributed by atoms with E-state index in [1.807, 2.05) is 30.3 Å². The fraction of sp³-hybridized carbons (Fsp3) is 0.188. The summed E-state index contributed by atoms with van der Waals surface area (Å²) in [4.78, 5) is 11.3. The summed E-state index contributed by atoms with van der Waals surface area (Å²) in [5.74, 6) is 0.187. The van der Waals surface area contributed by atoms with E-state index in [1.54, 1.807) is 6.07 Å². The number of aromatic carboxylic acids is 1. The lowest BCUT2D eigenvalue weighted by atomic mass is 10.2. The van der Waals surface area contributed by atoms with Gasteiger partial charge in [-0.3, -0.25) is 0 Å².